The third-order valence-electron chi connectivity index (χ3n) is 4.72. The SMILES string of the molecule is COc1ccc(Cl)cc1NC(=O)[C@H]1C[C@H](c2cn(C)nc2C)NS(=O)(=O)N1C. The minimum Gasteiger partial charge on any atom is -0.495 e. The fourth-order valence-corrected chi connectivity index (χ4v) is 4.70. The van der Waals surface area contributed by atoms with Gasteiger partial charge in [-0.05, 0) is 31.5 Å². The number of aromatic nitrogens is 2. The zero-order chi connectivity index (χ0) is 20.6. The maximum absolute atomic E-state index is 12.9. The Morgan fingerprint density at radius 3 is 2.71 bits per heavy atom. The van der Waals surface area contributed by atoms with Crippen LogP contribution in [0.5, 0.6) is 5.75 Å². The van der Waals surface area contributed by atoms with Crippen molar-refractivity contribution in [2.24, 2.45) is 7.05 Å². The number of methoxy groups -OCH3 is 1. The smallest absolute Gasteiger partial charge is 0.280 e. The van der Waals surface area contributed by atoms with Crippen LogP contribution in [0.15, 0.2) is 24.4 Å². The number of rotatable bonds is 4. The molecule has 3 rings (SSSR count). The predicted molar refractivity (Wildman–Crippen MR) is 106 cm³/mol. The fraction of sp³-hybridized carbons (Fsp3) is 0.412. The van der Waals surface area contributed by atoms with E-state index in [2.05, 4.69) is 15.1 Å². The van der Waals surface area contributed by atoms with Gasteiger partial charge in [0.2, 0.25) is 5.91 Å². The highest BCUT2D eigenvalue weighted by Crippen LogP contribution is 2.32. The van der Waals surface area contributed by atoms with E-state index in [1.165, 1.54) is 14.2 Å². The van der Waals surface area contributed by atoms with E-state index in [1.807, 2.05) is 0 Å². The van der Waals surface area contributed by atoms with Crippen LogP contribution in [0, 0.1) is 6.92 Å². The number of hydrogen-bond donors (Lipinski definition) is 2. The molecule has 2 N–H and O–H groups in total. The molecule has 1 aromatic heterocycles. The van der Waals surface area contributed by atoms with Crippen molar-refractivity contribution in [2.75, 3.05) is 19.5 Å². The zero-order valence-corrected chi connectivity index (χ0v) is 17.5. The minimum absolute atomic E-state index is 0.247. The molecule has 2 atom stereocenters. The molecule has 1 saturated heterocycles. The minimum atomic E-state index is -3.85. The highest BCUT2D eigenvalue weighted by atomic mass is 35.5. The Morgan fingerprint density at radius 1 is 1.39 bits per heavy atom. The summed E-state index contributed by atoms with van der Waals surface area (Å²) in [5.74, 6) is -0.0449. The van der Waals surface area contributed by atoms with Crippen molar-refractivity contribution in [3.8, 4) is 5.75 Å². The van der Waals surface area contributed by atoms with Gasteiger partial charge in [0.25, 0.3) is 10.2 Å². The second-order valence-electron chi connectivity index (χ2n) is 6.62. The number of amides is 1. The number of carbonyl (C=O) groups excluding carboxylic acids is 1. The third-order valence-corrected chi connectivity index (χ3v) is 6.55. The molecule has 0 saturated carbocycles. The van der Waals surface area contributed by atoms with Crippen molar-refractivity contribution in [3.63, 3.8) is 0 Å². The molecule has 1 aromatic carbocycles. The van der Waals surface area contributed by atoms with Gasteiger partial charge in [-0.3, -0.25) is 9.48 Å². The lowest BCUT2D eigenvalue weighted by atomic mass is 10.00. The van der Waals surface area contributed by atoms with Crippen molar-refractivity contribution in [1.82, 2.24) is 18.8 Å². The molecule has 2 aromatic rings. The number of carbonyl (C=O) groups is 1. The molecule has 0 bridgehead atoms. The molecule has 1 aliphatic heterocycles. The van der Waals surface area contributed by atoms with Gasteiger partial charge in [0.1, 0.15) is 11.8 Å². The van der Waals surface area contributed by atoms with E-state index in [1.54, 1.807) is 43.0 Å². The van der Waals surface area contributed by atoms with Gasteiger partial charge in [0, 0.05) is 30.9 Å². The maximum atomic E-state index is 12.9. The van der Waals surface area contributed by atoms with Gasteiger partial charge in [-0.1, -0.05) is 11.6 Å². The lowest BCUT2D eigenvalue weighted by Crippen LogP contribution is -2.56. The normalized spacial score (nSPS) is 22.0. The number of hydrogen-bond acceptors (Lipinski definition) is 5. The molecule has 0 unspecified atom stereocenters. The van der Waals surface area contributed by atoms with E-state index < -0.39 is 28.2 Å². The van der Waals surface area contributed by atoms with E-state index in [4.69, 9.17) is 16.3 Å². The van der Waals surface area contributed by atoms with Crippen LogP contribution in [-0.2, 0) is 22.1 Å². The van der Waals surface area contributed by atoms with Gasteiger partial charge >= 0.3 is 0 Å². The maximum Gasteiger partial charge on any atom is 0.280 e. The van der Waals surface area contributed by atoms with Crippen LogP contribution in [0.3, 0.4) is 0 Å². The van der Waals surface area contributed by atoms with E-state index in [-0.39, 0.29) is 6.42 Å². The summed E-state index contributed by atoms with van der Waals surface area (Å²) in [6.45, 7) is 1.80. The molecule has 1 fully saturated rings. The first-order chi connectivity index (χ1) is 13.1. The monoisotopic (exact) mass is 427 g/mol. The first-order valence-corrected chi connectivity index (χ1v) is 10.3. The first-order valence-electron chi connectivity index (χ1n) is 8.52. The van der Waals surface area contributed by atoms with Crippen molar-refractivity contribution < 1.29 is 17.9 Å². The van der Waals surface area contributed by atoms with Gasteiger partial charge in [-0.25, -0.2) is 0 Å². The van der Waals surface area contributed by atoms with Gasteiger partial charge in [0.05, 0.1) is 24.5 Å². The highest BCUT2D eigenvalue weighted by molar-refractivity contribution is 7.87. The summed E-state index contributed by atoms with van der Waals surface area (Å²) in [6.07, 6.45) is 2.00. The number of likely N-dealkylation sites (N-methyl/N-ethyl adjacent to an activating group) is 1. The Morgan fingerprint density at radius 2 is 2.11 bits per heavy atom. The summed E-state index contributed by atoms with van der Waals surface area (Å²) in [4.78, 5) is 12.9. The van der Waals surface area contributed by atoms with E-state index in [0.717, 1.165) is 9.87 Å². The second-order valence-corrected chi connectivity index (χ2v) is 8.82. The lowest BCUT2D eigenvalue weighted by Gasteiger charge is -2.36. The fourth-order valence-electron chi connectivity index (χ4n) is 3.27. The Hall–Kier alpha value is -2.14. The summed E-state index contributed by atoms with van der Waals surface area (Å²) in [5, 5.41) is 7.41. The van der Waals surface area contributed by atoms with Crippen LogP contribution in [0.2, 0.25) is 5.02 Å². The molecule has 28 heavy (non-hydrogen) atoms. The number of nitrogens with one attached hydrogen (secondary N) is 2. The largest absolute Gasteiger partial charge is 0.495 e. The van der Waals surface area contributed by atoms with Crippen LogP contribution in [0.25, 0.3) is 0 Å². The average molecular weight is 428 g/mol. The molecular formula is C17H22ClN5O4S. The van der Waals surface area contributed by atoms with Crippen molar-refractivity contribution in [3.05, 3.63) is 40.7 Å². The summed E-state index contributed by atoms with van der Waals surface area (Å²) in [5.41, 5.74) is 1.81. The Bertz CT molecular complexity index is 1010. The molecular weight excluding hydrogens is 406 g/mol. The quantitative estimate of drug-likeness (QED) is 0.771. The Labute approximate surface area is 168 Å². The molecule has 2 heterocycles. The summed E-state index contributed by atoms with van der Waals surface area (Å²) in [6, 6.07) is 3.34. The molecule has 0 aliphatic carbocycles. The predicted octanol–water partition coefficient (Wildman–Crippen LogP) is 1.61. The molecule has 0 spiro atoms. The molecule has 9 nitrogen and oxygen atoms in total. The van der Waals surface area contributed by atoms with E-state index >= 15 is 0 Å². The Kier molecular flexibility index (Phi) is 5.67. The van der Waals surface area contributed by atoms with Gasteiger partial charge < -0.3 is 10.1 Å². The van der Waals surface area contributed by atoms with Crippen LogP contribution in [-0.4, -0.2) is 48.6 Å². The molecule has 0 radical (unpaired) electrons. The molecule has 152 valence electrons. The van der Waals surface area contributed by atoms with Crippen LogP contribution >= 0.6 is 11.6 Å². The van der Waals surface area contributed by atoms with Crippen LogP contribution in [0.1, 0.15) is 23.7 Å². The van der Waals surface area contributed by atoms with Crippen LogP contribution < -0.4 is 14.8 Å². The lowest BCUT2D eigenvalue weighted by molar-refractivity contribution is -0.120. The number of ether oxygens (including phenoxy) is 1. The molecule has 1 amide bonds. The van der Waals surface area contributed by atoms with Crippen molar-refractivity contribution in [2.45, 2.75) is 25.4 Å². The van der Waals surface area contributed by atoms with Crippen molar-refractivity contribution in [1.29, 1.82) is 0 Å². The topological polar surface area (TPSA) is 106 Å². The van der Waals surface area contributed by atoms with Crippen molar-refractivity contribution >= 4 is 33.4 Å². The van der Waals surface area contributed by atoms with E-state index in [0.29, 0.717) is 22.2 Å². The average Bonchev–Trinajstić information content (AvgIpc) is 2.95. The van der Waals surface area contributed by atoms with Gasteiger partial charge in [-0.15, -0.1) is 0 Å². The highest BCUT2D eigenvalue weighted by Gasteiger charge is 2.41. The number of nitrogens with zero attached hydrogens (tertiary/aromatic N) is 3. The number of halogens is 1. The summed E-state index contributed by atoms with van der Waals surface area (Å²) >= 11 is 6.01. The molecule has 11 heteroatoms. The first kappa shape index (κ1) is 20.6. The summed E-state index contributed by atoms with van der Waals surface area (Å²) in [7, 11) is 0.754. The zero-order valence-electron chi connectivity index (χ0n) is 15.9. The van der Waals surface area contributed by atoms with Crippen LogP contribution in [0.4, 0.5) is 5.69 Å². The van der Waals surface area contributed by atoms with Gasteiger partial charge in [-0.2, -0.15) is 22.5 Å². The number of aryl methyl sites for hydroxylation is 2. The van der Waals surface area contributed by atoms with E-state index in [9.17, 15) is 13.2 Å². The summed E-state index contributed by atoms with van der Waals surface area (Å²) < 4.78 is 35.7. The third kappa shape index (κ3) is 4.00. The molecule has 1 aliphatic rings. The second kappa shape index (κ2) is 7.70. The standard InChI is InChI=1S/C17H22ClN5O4S/c1-10-12(9-22(2)20-10)13-8-15(23(3)28(25,26)21-13)17(24)19-14-7-11(18)5-6-16(14)27-4/h5-7,9,13,15,21H,8H2,1-4H3,(H,19,24)/t13-,15-/m1/s1. The number of benzene rings is 1. The Balaban J connectivity index is 1.90. The number of anilines is 1. The van der Waals surface area contributed by atoms with Gasteiger partial charge in [0.15, 0.2) is 0 Å².